The van der Waals surface area contributed by atoms with Gasteiger partial charge in [-0.1, -0.05) is 51.1 Å². The molecule has 1 heterocycles. The van der Waals surface area contributed by atoms with Crippen LogP contribution in [-0.4, -0.2) is 34.8 Å². The van der Waals surface area contributed by atoms with Crippen molar-refractivity contribution in [1.29, 1.82) is 0 Å². The first-order valence-corrected chi connectivity index (χ1v) is 10.3. The molecule has 1 atom stereocenters. The minimum absolute atomic E-state index is 0.140. The monoisotopic (exact) mass is 385 g/mol. The molecule has 1 saturated heterocycles. The van der Waals surface area contributed by atoms with E-state index < -0.39 is 11.6 Å². The van der Waals surface area contributed by atoms with E-state index in [1.807, 2.05) is 30.3 Å². The summed E-state index contributed by atoms with van der Waals surface area (Å²) in [6.45, 7) is 6.14. The van der Waals surface area contributed by atoms with E-state index in [1.54, 1.807) is 0 Å². The lowest BCUT2D eigenvalue weighted by atomic mass is 9.77. The van der Waals surface area contributed by atoms with Gasteiger partial charge in [0.2, 0.25) is 5.91 Å². The summed E-state index contributed by atoms with van der Waals surface area (Å²) in [5.74, 6) is 0.406. The average molecular weight is 386 g/mol. The number of carbonyl (C=O) groups is 3. The van der Waals surface area contributed by atoms with Crippen LogP contribution in [0.25, 0.3) is 0 Å². The van der Waals surface area contributed by atoms with Gasteiger partial charge in [0.15, 0.2) is 0 Å². The maximum atomic E-state index is 12.9. The van der Waals surface area contributed by atoms with Gasteiger partial charge in [0.25, 0.3) is 5.91 Å². The van der Waals surface area contributed by atoms with Crippen LogP contribution in [0.4, 0.5) is 4.79 Å². The van der Waals surface area contributed by atoms with Crippen molar-refractivity contribution >= 4 is 17.8 Å². The number of hydrogen-bond acceptors (Lipinski definition) is 3. The van der Waals surface area contributed by atoms with Crippen LogP contribution in [0, 0.1) is 11.8 Å². The van der Waals surface area contributed by atoms with E-state index in [4.69, 9.17) is 0 Å². The Hall–Kier alpha value is -2.37. The second-order valence-electron chi connectivity index (χ2n) is 8.75. The van der Waals surface area contributed by atoms with Crippen LogP contribution in [-0.2, 0) is 9.59 Å². The quantitative estimate of drug-likeness (QED) is 0.737. The van der Waals surface area contributed by atoms with E-state index >= 15 is 0 Å². The highest BCUT2D eigenvalue weighted by Gasteiger charge is 2.52. The molecule has 4 amide bonds. The Morgan fingerprint density at radius 3 is 2.46 bits per heavy atom. The van der Waals surface area contributed by atoms with Gasteiger partial charge >= 0.3 is 6.03 Å². The predicted molar refractivity (Wildman–Crippen MR) is 107 cm³/mol. The molecule has 3 rings (SSSR count). The number of rotatable bonds is 6. The Bertz CT molecular complexity index is 724. The van der Waals surface area contributed by atoms with Crippen molar-refractivity contribution in [2.45, 2.75) is 64.5 Å². The molecule has 2 aliphatic rings. The summed E-state index contributed by atoms with van der Waals surface area (Å²) < 4.78 is 0. The predicted octanol–water partition coefficient (Wildman–Crippen LogP) is 3.39. The van der Waals surface area contributed by atoms with E-state index in [9.17, 15) is 14.4 Å². The van der Waals surface area contributed by atoms with Gasteiger partial charge in [-0.15, -0.1) is 0 Å². The molecule has 0 bridgehead atoms. The fraction of sp³-hybridized carbons (Fsp3) is 0.591. The lowest BCUT2D eigenvalue weighted by Crippen LogP contribution is -2.50. The summed E-state index contributed by atoms with van der Waals surface area (Å²) in [7, 11) is 0. The molecule has 2 fully saturated rings. The van der Waals surface area contributed by atoms with Gasteiger partial charge < -0.3 is 10.6 Å². The summed E-state index contributed by atoms with van der Waals surface area (Å²) in [6, 6.07) is 9.21. The van der Waals surface area contributed by atoms with Crippen molar-refractivity contribution in [1.82, 2.24) is 15.5 Å². The number of imide groups is 1. The van der Waals surface area contributed by atoms with Crippen molar-refractivity contribution in [2.24, 2.45) is 11.8 Å². The lowest BCUT2D eigenvalue weighted by Gasteiger charge is -2.33. The van der Waals surface area contributed by atoms with Gasteiger partial charge in [0, 0.05) is 0 Å². The van der Waals surface area contributed by atoms with Crippen LogP contribution < -0.4 is 10.6 Å². The number of urea groups is 1. The molecular weight excluding hydrogens is 354 g/mol. The zero-order valence-electron chi connectivity index (χ0n) is 17.0. The van der Waals surface area contributed by atoms with Gasteiger partial charge in [-0.25, -0.2) is 4.79 Å². The molecule has 2 N–H and O–H groups in total. The van der Waals surface area contributed by atoms with Crippen molar-refractivity contribution < 1.29 is 14.4 Å². The number of nitrogens with one attached hydrogen (secondary N) is 2. The topological polar surface area (TPSA) is 78.5 Å². The van der Waals surface area contributed by atoms with Crippen molar-refractivity contribution in [3.05, 3.63) is 35.9 Å². The highest BCUT2D eigenvalue weighted by Crippen LogP contribution is 2.36. The lowest BCUT2D eigenvalue weighted by molar-refractivity contribution is -0.136. The zero-order valence-corrected chi connectivity index (χ0v) is 17.0. The number of hydrogen-bond donors (Lipinski definition) is 2. The summed E-state index contributed by atoms with van der Waals surface area (Å²) in [6.07, 6.45) is 3.92. The Kier molecular flexibility index (Phi) is 6.06. The molecule has 6 nitrogen and oxygen atoms in total. The largest absolute Gasteiger partial charge is 0.348 e. The van der Waals surface area contributed by atoms with Gasteiger partial charge in [-0.05, 0) is 49.5 Å². The molecule has 28 heavy (non-hydrogen) atoms. The Morgan fingerprint density at radius 2 is 1.86 bits per heavy atom. The van der Waals surface area contributed by atoms with E-state index in [0.29, 0.717) is 24.7 Å². The summed E-state index contributed by atoms with van der Waals surface area (Å²) in [4.78, 5) is 39.1. The second-order valence-corrected chi connectivity index (χ2v) is 8.75. The number of benzene rings is 1. The first-order chi connectivity index (χ1) is 13.3. The Morgan fingerprint density at radius 1 is 1.21 bits per heavy atom. The maximum absolute atomic E-state index is 12.9. The third kappa shape index (κ3) is 4.37. The molecule has 1 aliphatic heterocycles. The smallest absolute Gasteiger partial charge is 0.325 e. The zero-order chi connectivity index (χ0) is 20.3. The number of nitrogens with zero attached hydrogens (tertiary/aromatic N) is 1. The van der Waals surface area contributed by atoms with Crippen LogP contribution in [0.2, 0.25) is 0 Å². The number of amides is 4. The van der Waals surface area contributed by atoms with Crippen LogP contribution in [0.15, 0.2) is 30.3 Å². The van der Waals surface area contributed by atoms with E-state index in [0.717, 1.165) is 29.7 Å². The molecule has 0 radical (unpaired) electrons. The molecule has 0 unspecified atom stereocenters. The fourth-order valence-corrected chi connectivity index (χ4v) is 4.23. The first-order valence-electron chi connectivity index (χ1n) is 10.3. The normalized spacial score (nSPS) is 25.9. The molecule has 1 aromatic rings. The van der Waals surface area contributed by atoms with E-state index in [1.165, 1.54) is 0 Å². The van der Waals surface area contributed by atoms with Gasteiger partial charge in [-0.2, -0.15) is 0 Å². The first kappa shape index (κ1) is 20.4. The highest BCUT2D eigenvalue weighted by molar-refractivity contribution is 6.09. The van der Waals surface area contributed by atoms with E-state index in [-0.39, 0.29) is 24.4 Å². The Labute approximate surface area is 167 Å². The number of carbonyl (C=O) groups excluding carboxylic acids is 3. The molecule has 152 valence electrons. The summed E-state index contributed by atoms with van der Waals surface area (Å²) in [5.41, 5.74) is 0.222. The molecule has 1 saturated carbocycles. The summed E-state index contributed by atoms with van der Waals surface area (Å²) in [5, 5.41) is 5.89. The van der Waals surface area contributed by atoms with Crippen molar-refractivity contribution in [3.8, 4) is 0 Å². The summed E-state index contributed by atoms with van der Waals surface area (Å²) >= 11 is 0. The Balaban J connectivity index is 1.66. The third-order valence-corrected chi connectivity index (χ3v) is 5.92. The molecule has 1 aromatic carbocycles. The van der Waals surface area contributed by atoms with Gasteiger partial charge in [-0.3, -0.25) is 14.5 Å². The average Bonchev–Trinajstić information content (AvgIpc) is 2.88. The maximum Gasteiger partial charge on any atom is 0.325 e. The molecule has 6 heteroatoms. The van der Waals surface area contributed by atoms with Crippen molar-refractivity contribution in [2.75, 3.05) is 6.54 Å². The SMILES string of the molecule is CC(C)C[C@@H](NC(=O)CN1C(=O)NC2(CCC(C)CC2)C1=O)c1ccccc1. The minimum atomic E-state index is -0.805. The second kappa shape index (κ2) is 8.33. The molecular formula is C22H31N3O3. The van der Waals surface area contributed by atoms with Crippen LogP contribution in [0.3, 0.4) is 0 Å². The van der Waals surface area contributed by atoms with E-state index in [2.05, 4.69) is 31.4 Å². The van der Waals surface area contributed by atoms with Crippen LogP contribution in [0.5, 0.6) is 0 Å². The molecule has 1 aliphatic carbocycles. The van der Waals surface area contributed by atoms with Gasteiger partial charge in [0.1, 0.15) is 12.1 Å². The fourth-order valence-electron chi connectivity index (χ4n) is 4.23. The minimum Gasteiger partial charge on any atom is -0.348 e. The standard InChI is InChI=1S/C22H31N3O3/c1-15(2)13-18(17-7-5-4-6-8-17)23-19(26)14-25-20(27)22(24-21(25)28)11-9-16(3)10-12-22/h4-8,15-16,18H,9-14H2,1-3H3,(H,23,26)(H,24,28)/t16?,18-,22?/m1/s1. The van der Waals surface area contributed by atoms with Gasteiger partial charge in [0.05, 0.1) is 6.04 Å². The third-order valence-electron chi connectivity index (χ3n) is 5.92. The molecule has 0 aromatic heterocycles. The highest BCUT2D eigenvalue weighted by atomic mass is 16.2. The van der Waals surface area contributed by atoms with Crippen LogP contribution in [0.1, 0.15) is 64.5 Å². The van der Waals surface area contributed by atoms with Crippen LogP contribution >= 0.6 is 0 Å². The molecule has 1 spiro atoms. The van der Waals surface area contributed by atoms with Crippen molar-refractivity contribution in [3.63, 3.8) is 0 Å².